The molecule has 2 bridgehead atoms. The van der Waals surface area contributed by atoms with Crippen LogP contribution in [0.4, 0.5) is 8.39 Å². The standard InChI is InChI=1S/C11H17F2N3O4P4S/c12-22-14-23(13,16-24(15-22)17-6-3-7-18-24)20-10-21(25,9-19-22)8-11-4-1-2-5-11/h1-2,4-5,11H,3,6-10H2. The van der Waals surface area contributed by atoms with Crippen LogP contribution in [0.5, 0.6) is 0 Å². The molecule has 0 aromatic rings. The number of hydrogen-bond donors (Lipinski definition) is 0. The number of allylic oxidation sites excluding steroid dienone is 4. The Morgan fingerprint density at radius 1 is 0.920 bits per heavy atom. The summed E-state index contributed by atoms with van der Waals surface area (Å²) in [5.74, 6) is 0.134. The average Bonchev–Trinajstić information content (AvgIpc) is 3.03. The topological polar surface area (TPSA) is 74.0 Å². The predicted octanol–water partition coefficient (Wildman–Crippen LogP) is 6.40. The largest absolute Gasteiger partial charge is 0.387 e. The molecule has 0 saturated carbocycles. The molecule has 0 amide bonds. The Balaban J connectivity index is 1.66. The lowest BCUT2D eigenvalue weighted by molar-refractivity contribution is 0.173. The molecular formula is C11H17F2N3O4P4S. The summed E-state index contributed by atoms with van der Waals surface area (Å²) < 4.78 is 63.2. The van der Waals surface area contributed by atoms with Gasteiger partial charge in [0.15, 0.2) is 0 Å². The third kappa shape index (κ3) is 4.18. The Bertz CT molecular complexity index is 821. The third-order valence-corrected chi connectivity index (χ3v) is 14.8. The first-order valence-electron chi connectivity index (χ1n) is 7.63. The zero-order chi connectivity index (χ0) is 17.6. The molecule has 4 rings (SSSR count). The van der Waals surface area contributed by atoms with Crippen molar-refractivity contribution in [3.8, 4) is 0 Å². The highest BCUT2D eigenvalue weighted by atomic mass is 32.4. The van der Waals surface area contributed by atoms with E-state index in [-0.39, 0.29) is 31.8 Å². The molecule has 14 heteroatoms. The summed E-state index contributed by atoms with van der Waals surface area (Å²) in [7, 11) is -12.0. The van der Waals surface area contributed by atoms with Gasteiger partial charge in [-0.2, -0.15) is 8.39 Å². The van der Waals surface area contributed by atoms with Crippen molar-refractivity contribution in [1.29, 1.82) is 0 Å². The van der Waals surface area contributed by atoms with Crippen LogP contribution in [0.25, 0.3) is 0 Å². The first kappa shape index (κ1) is 18.9. The van der Waals surface area contributed by atoms with E-state index in [2.05, 4.69) is 13.5 Å². The molecule has 0 radical (unpaired) electrons. The van der Waals surface area contributed by atoms with Gasteiger partial charge in [0, 0.05) is 12.0 Å². The zero-order valence-electron chi connectivity index (χ0n) is 13.1. The van der Waals surface area contributed by atoms with Crippen LogP contribution in [0.15, 0.2) is 37.9 Å². The van der Waals surface area contributed by atoms with E-state index < -0.39 is 29.2 Å². The van der Waals surface area contributed by atoms with E-state index in [1.54, 1.807) is 0 Å². The number of hydrogen-bond acceptors (Lipinski definition) is 8. The van der Waals surface area contributed by atoms with Gasteiger partial charge in [-0.05, 0) is 12.6 Å². The van der Waals surface area contributed by atoms with Crippen molar-refractivity contribution in [2.24, 2.45) is 19.5 Å². The van der Waals surface area contributed by atoms with Gasteiger partial charge in [0.05, 0.1) is 25.9 Å². The van der Waals surface area contributed by atoms with Gasteiger partial charge in [-0.15, -0.1) is 13.5 Å². The Kier molecular flexibility index (Phi) is 5.16. The molecule has 7 nitrogen and oxygen atoms in total. The summed E-state index contributed by atoms with van der Waals surface area (Å²) in [5, 5.41) is 0. The molecule has 1 aliphatic carbocycles. The normalized spacial score (nSPS) is 43.0. The van der Waals surface area contributed by atoms with Gasteiger partial charge in [-0.1, -0.05) is 36.1 Å². The third-order valence-electron chi connectivity index (χ3n) is 3.76. The van der Waals surface area contributed by atoms with Crippen molar-refractivity contribution >= 4 is 41.0 Å². The summed E-state index contributed by atoms with van der Waals surface area (Å²) in [5.41, 5.74) is 0. The Hall–Kier alpha value is 0.520. The zero-order valence-corrected chi connectivity index (χ0v) is 17.5. The Morgan fingerprint density at radius 3 is 2.16 bits per heavy atom. The highest BCUT2D eigenvalue weighted by Gasteiger charge is 2.45. The molecule has 3 aliphatic heterocycles. The average molecular weight is 449 g/mol. The fraction of sp³-hybridized carbons (Fsp3) is 0.636. The van der Waals surface area contributed by atoms with E-state index in [4.69, 9.17) is 29.9 Å². The smallest absolute Gasteiger partial charge is 0.306 e. The van der Waals surface area contributed by atoms with Crippen LogP contribution in [0.1, 0.15) is 6.42 Å². The van der Waals surface area contributed by atoms with Crippen molar-refractivity contribution in [1.82, 2.24) is 0 Å². The minimum Gasteiger partial charge on any atom is -0.306 e. The molecule has 3 heterocycles. The molecule has 0 aromatic carbocycles. The van der Waals surface area contributed by atoms with Gasteiger partial charge in [0.2, 0.25) is 0 Å². The molecule has 3 atom stereocenters. The van der Waals surface area contributed by atoms with Crippen LogP contribution in [-0.2, 0) is 29.9 Å². The van der Waals surface area contributed by atoms with Gasteiger partial charge < -0.3 is 9.05 Å². The second-order valence-corrected chi connectivity index (χ2v) is 17.3. The minimum atomic E-state index is -4.28. The van der Waals surface area contributed by atoms with Crippen molar-refractivity contribution < 1.29 is 26.5 Å². The lowest BCUT2D eigenvalue weighted by Crippen LogP contribution is -2.12. The maximum atomic E-state index is 15.2. The van der Waals surface area contributed by atoms with E-state index in [0.717, 1.165) is 0 Å². The van der Waals surface area contributed by atoms with E-state index >= 15 is 8.39 Å². The molecule has 140 valence electrons. The lowest BCUT2D eigenvalue weighted by Gasteiger charge is -2.34. The van der Waals surface area contributed by atoms with Gasteiger partial charge in [-0.3, -0.25) is 9.05 Å². The van der Waals surface area contributed by atoms with Crippen LogP contribution in [0.2, 0.25) is 0 Å². The Morgan fingerprint density at radius 2 is 1.52 bits per heavy atom. The molecule has 0 N–H and O–H groups in total. The molecular weight excluding hydrogens is 432 g/mol. The van der Waals surface area contributed by atoms with Crippen LogP contribution in [0.3, 0.4) is 0 Å². The predicted molar refractivity (Wildman–Crippen MR) is 99.6 cm³/mol. The molecule has 1 saturated heterocycles. The highest BCUT2D eigenvalue weighted by molar-refractivity contribution is 8.14. The second kappa shape index (κ2) is 6.84. The fourth-order valence-corrected chi connectivity index (χ4v) is 15.3. The lowest BCUT2D eigenvalue weighted by atomic mass is 10.2. The SMILES string of the molecule is FP12=NP(F)(=NP3(=N1)OCCCO3)OCP(=S)(CC1C=CC=C1)CO2. The molecule has 25 heavy (non-hydrogen) atoms. The van der Waals surface area contributed by atoms with E-state index in [0.29, 0.717) is 12.6 Å². The number of halogens is 2. The highest BCUT2D eigenvalue weighted by Crippen LogP contribution is 2.83. The van der Waals surface area contributed by atoms with E-state index in [9.17, 15) is 0 Å². The van der Waals surface area contributed by atoms with Crippen molar-refractivity contribution in [2.45, 2.75) is 6.42 Å². The monoisotopic (exact) mass is 449 g/mol. The first-order chi connectivity index (χ1) is 11.8. The minimum absolute atomic E-state index is 0.0439. The number of rotatable bonds is 2. The molecule has 1 fully saturated rings. The summed E-state index contributed by atoms with van der Waals surface area (Å²) in [6, 6.07) is -2.31. The summed E-state index contributed by atoms with van der Waals surface area (Å²) in [6.07, 6.45) is 8.94. The summed E-state index contributed by atoms with van der Waals surface area (Å²) >= 11 is 5.68. The van der Waals surface area contributed by atoms with E-state index in [1.165, 1.54) is 0 Å². The van der Waals surface area contributed by atoms with Crippen LogP contribution >= 0.6 is 29.2 Å². The maximum Gasteiger partial charge on any atom is 0.387 e. The van der Waals surface area contributed by atoms with Crippen molar-refractivity contribution in [3.63, 3.8) is 0 Å². The molecule has 0 aromatic heterocycles. The quantitative estimate of drug-likeness (QED) is 0.457. The second-order valence-electron chi connectivity index (χ2n) is 5.92. The van der Waals surface area contributed by atoms with Crippen LogP contribution < -0.4 is 0 Å². The van der Waals surface area contributed by atoms with Crippen molar-refractivity contribution in [3.05, 3.63) is 24.3 Å². The van der Waals surface area contributed by atoms with Gasteiger partial charge in [0.1, 0.15) is 0 Å². The van der Waals surface area contributed by atoms with E-state index in [1.807, 2.05) is 24.3 Å². The summed E-state index contributed by atoms with van der Waals surface area (Å²) in [6.45, 7) is 0.554. The fourth-order valence-electron chi connectivity index (χ4n) is 2.62. The van der Waals surface area contributed by atoms with Gasteiger partial charge in [0.25, 0.3) is 0 Å². The maximum absolute atomic E-state index is 15.2. The van der Waals surface area contributed by atoms with Crippen LogP contribution in [0, 0.1) is 5.92 Å². The van der Waals surface area contributed by atoms with Crippen molar-refractivity contribution in [2.75, 3.05) is 32.1 Å². The summed E-state index contributed by atoms with van der Waals surface area (Å²) in [4.78, 5) is 0. The van der Waals surface area contributed by atoms with Crippen LogP contribution in [-0.4, -0.2) is 32.1 Å². The molecule has 4 aliphatic rings. The Labute approximate surface area is 150 Å². The first-order valence-corrected chi connectivity index (χ1v) is 15.5. The van der Waals surface area contributed by atoms with Gasteiger partial charge >= 0.3 is 23.1 Å². The number of nitrogens with zero attached hydrogens (tertiary/aromatic N) is 3. The molecule has 3 unspecified atom stereocenters. The number of fused-ring (bicyclic) bond motifs is 1. The molecule has 1 spiro atoms. The van der Waals surface area contributed by atoms with Gasteiger partial charge in [-0.25, -0.2) is 0 Å².